The molecule has 1 atom stereocenters. The molecule has 0 fully saturated rings. The maximum absolute atomic E-state index is 14.2. The van der Waals surface area contributed by atoms with Crippen molar-refractivity contribution in [2.24, 2.45) is 0 Å². The minimum atomic E-state index is -2.11. The molecule has 0 spiro atoms. The van der Waals surface area contributed by atoms with Crippen LogP contribution in [0.4, 0.5) is 17.6 Å². The summed E-state index contributed by atoms with van der Waals surface area (Å²) in [5.41, 5.74) is -1.84. The van der Waals surface area contributed by atoms with Crippen LogP contribution in [0, 0.1) is 23.3 Å². The molecule has 0 radical (unpaired) electrons. The van der Waals surface area contributed by atoms with Crippen LogP contribution in [0.15, 0.2) is 24.3 Å². The van der Waals surface area contributed by atoms with Crippen molar-refractivity contribution in [3.05, 3.63) is 58.7 Å². The van der Waals surface area contributed by atoms with E-state index in [1.165, 1.54) is 21.9 Å². The second kappa shape index (κ2) is 12.5. The Kier molecular flexibility index (Phi) is 10.1. The van der Waals surface area contributed by atoms with E-state index < -0.39 is 70.7 Å². The van der Waals surface area contributed by atoms with Gasteiger partial charge in [0, 0.05) is 20.6 Å². The average molecular weight is 509 g/mol. The number of nitrogens with zero attached hydrogens (tertiary/aromatic N) is 1. The van der Waals surface area contributed by atoms with Gasteiger partial charge in [-0.2, -0.15) is 0 Å². The van der Waals surface area contributed by atoms with Gasteiger partial charge in [0.1, 0.15) is 48.3 Å². The Hall–Kier alpha value is -3.38. The summed E-state index contributed by atoms with van der Waals surface area (Å²) in [5.74, 6) is -7.33. The molecule has 2 aromatic rings. The fourth-order valence-electron chi connectivity index (χ4n) is 3.53. The summed E-state index contributed by atoms with van der Waals surface area (Å²) < 4.78 is 56.6. The van der Waals surface area contributed by atoms with Crippen molar-refractivity contribution in [3.63, 3.8) is 0 Å². The zero-order valence-corrected chi connectivity index (χ0v) is 19.9. The van der Waals surface area contributed by atoms with Crippen molar-refractivity contribution in [2.75, 3.05) is 20.6 Å². The van der Waals surface area contributed by atoms with Gasteiger partial charge in [-0.3, -0.25) is 14.4 Å². The minimum Gasteiger partial charge on any atom is -0.423 e. The van der Waals surface area contributed by atoms with Crippen molar-refractivity contribution >= 4 is 43.6 Å². The highest BCUT2D eigenvalue weighted by molar-refractivity contribution is 6.58. The number of unbranched alkanes of at least 4 members (excludes halogenated alkanes) is 1. The van der Waals surface area contributed by atoms with Gasteiger partial charge in [0.15, 0.2) is 0 Å². The zero-order chi connectivity index (χ0) is 27.2. The highest BCUT2D eigenvalue weighted by Gasteiger charge is 2.26. The number of hydrogen-bond acceptors (Lipinski definition) is 5. The van der Waals surface area contributed by atoms with Crippen LogP contribution in [0.3, 0.4) is 0 Å². The van der Waals surface area contributed by atoms with E-state index in [0.717, 1.165) is 17.0 Å². The molecule has 0 aliphatic rings. The van der Waals surface area contributed by atoms with Gasteiger partial charge < -0.3 is 25.6 Å². The molecule has 36 heavy (non-hydrogen) atoms. The molecule has 4 N–H and O–H groups in total. The predicted octanol–water partition coefficient (Wildman–Crippen LogP) is -1.03. The number of amides is 3. The van der Waals surface area contributed by atoms with E-state index >= 15 is 0 Å². The molecule has 0 saturated carbocycles. The maximum Gasteiger partial charge on any atom is 0.488 e. The first-order chi connectivity index (χ1) is 16.9. The van der Waals surface area contributed by atoms with E-state index in [2.05, 4.69) is 10.6 Å². The Morgan fingerprint density at radius 1 is 0.972 bits per heavy atom. The van der Waals surface area contributed by atoms with E-state index in [-0.39, 0.29) is 31.3 Å². The lowest BCUT2D eigenvalue weighted by atomic mass is 9.79. The van der Waals surface area contributed by atoms with Crippen molar-refractivity contribution in [1.82, 2.24) is 15.5 Å². The molecule has 3 amide bonds. The third-order valence-corrected chi connectivity index (χ3v) is 5.44. The molecule has 14 heteroatoms. The Morgan fingerprint density at radius 2 is 1.50 bits per heavy atom. The van der Waals surface area contributed by atoms with Crippen LogP contribution in [-0.4, -0.2) is 74.3 Å². The quantitative estimate of drug-likeness (QED) is 0.186. The normalized spacial score (nSPS) is 11.6. The van der Waals surface area contributed by atoms with E-state index in [1.807, 2.05) is 0 Å². The molecule has 2 aromatic carbocycles. The Morgan fingerprint density at radius 3 is 2.00 bits per heavy atom. The molecule has 2 rings (SSSR count). The van der Waals surface area contributed by atoms with Crippen LogP contribution < -0.4 is 21.6 Å². The minimum absolute atomic E-state index is 0.0255. The molecule has 0 heterocycles. The summed E-state index contributed by atoms with van der Waals surface area (Å²) in [6.07, 6.45) is 0.569. The smallest absolute Gasteiger partial charge is 0.423 e. The van der Waals surface area contributed by atoms with Gasteiger partial charge in [0.05, 0.1) is 0 Å². The number of rotatable bonds is 10. The van der Waals surface area contributed by atoms with Crippen molar-refractivity contribution in [2.45, 2.75) is 25.3 Å². The summed E-state index contributed by atoms with van der Waals surface area (Å²) in [6, 6.07) is 2.14. The standard InChI is InChI=1S/C22H25B2F4N3O5/c1-29-20(32)17(30-21(33)18-13(25)7-11(23)8-14(18)26)5-3-4-6-31(2)22(34)19-15(27)9-12(24(35)36)10-16(19)28/h7-10,17,35-36H,3-6,23H2,1-2H3,(H,29,32)(H,30,33)/t17-/m0/s1. The first kappa shape index (κ1) is 28.9. The van der Waals surface area contributed by atoms with Crippen molar-refractivity contribution < 1.29 is 42.0 Å². The third kappa shape index (κ3) is 7.08. The van der Waals surface area contributed by atoms with E-state index in [0.29, 0.717) is 12.1 Å². The maximum atomic E-state index is 14.2. The second-order valence-electron chi connectivity index (χ2n) is 8.20. The van der Waals surface area contributed by atoms with Crippen LogP contribution in [-0.2, 0) is 4.79 Å². The molecule has 192 valence electrons. The molecular formula is C22H25B2F4N3O5. The van der Waals surface area contributed by atoms with Crippen LogP contribution >= 0.6 is 0 Å². The number of hydrogen-bond donors (Lipinski definition) is 4. The molecular weight excluding hydrogens is 484 g/mol. The lowest BCUT2D eigenvalue weighted by molar-refractivity contribution is -0.122. The van der Waals surface area contributed by atoms with Gasteiger partial charge in [-0.1, -0.05) is 5.46 Å². The number of carbonyl (C=O) groups excluding carboxylic acids is 3. The largest absolute Gasteiger partial charge is 0.488 e. The van der Waals surface area contributed by atoms with Crippen molar-refractivity contribution in [3.8, 4) is 0 Å². The summed E-state index contributed by atoms with van der Waals surface area (Å²) in [6.45, 7) is 0.0255. The van der Waals surface area contributed by atoms with Crippen LogP contribution in [0.5, 0.6) is 0 Å². The first-order valence-corrected chi connectivity index (χ1v) is 11.0. The predicted molar refractivity (Wildman–Crippen MR) is 127 cm³/mol. The molecule has 0 aromatic heterocycles. The molecule has 0 aliphatic carbocycles. The molecule has 0 unspecified atom stereocenters. The number of carbonyl (C=O) groups is 3. The Balaban J connectivity index is 2.00. The number of nitrogens with one attached hydrogen (secondary N) is 2. The summed E-state index contributed by atoms with van der Waals surface area (Å²) in [5, 5.41) is 22.7. The number of halogens is 4. The van der Waals surface area contributed by atoms with Gasteiger partial charge in [-0.25, -0.2) is 17.6 Å². The molecule has 0 saturated heterocycles. The van der Waals surface area contributed by atoms with Gasteiger partial charge in [-0.15, -0.1) is 0 Å². The van der Waals surface area contributed by atoms with E-state index in [4.69, 9.17) is 10.0 Å². The van der Waals surface area contributed by atoms with Crippen LogP contribution in [0.25, 0.3) is 0 Å². The summed E-state index contributed by atoms with van der Waals surface area (Å²) >= 11 is 0. The molecule has 0 aliphatic heterocycles. The Labute approximate surface area is 206 Å². The monoisotopic (exact) mass is 509 g/mol. The van der Waals surface area contributed by atoms with Gasteiger partial charge in [0.2, 0.25) is 5.91 Å². The summed E-state index contributed by atoms with van der Waals surface area (Å²) in [4.78, 5) is 38.1. The zero-order valence-electron chi connectivity index (χ0n) is 19.9. The third-order valence-electron chi connectivity index (χ3n) is 5.44. The van der Waals surface area contributed by atoms with Crippen molar-refractivity contribution in [1.29, 1.82) is 0 Å². The van der Waals surface area contributed by atoms with Crippen LogP contribution in [0.1, 0.15) is 40.0 Å². The number of likely N-dealkylation sites (N-methyl/N-ethyl adjacent to an activating group) is 1. The van der Waals surface area contributed by atoms with Crippen LogP contribution in [0.2, 0.25) is 0 Å². The first-order valence-electron chi connectivity index (χ1n) is 11.0. The fraction of sp³-hybridized carbons (Fsp3) is 0.318. The lowest BCUT2D eigenvalue weighted by Gasteiger charge is -2.20. The SMILES string of the molecule is Bc1cc(F)c(C(=O)N[C@@H](CCCCN(C)C(=O)c2c(F)cc(B(O)O)cc2F)C(=O)NC)c(F)c1. The highest BCUT2D eigenvalue weighted by atomic mass is 19.1. The topological polar surface area (TPSA) is 119 Å². The van der Waals surface area contributed by atoms with Gasteiger partial charge >= 0.3 is 7.12 Å². The van der Waals surface area contributed by atoms with Gasteiger partial charge in [-0.05, 0) is 49.0 Å². The highest BCUT2D eigenvalue weighted by Crippen LogP contribution is 2.15. The fourth-order valence-corrected chi connectivity index (χ4v) is 3.53. The summed E-state index contributed by atoms with van der Waals surface area (Å²) in [7, 11) is 1.98. The van der Waals surface area contributed by atoms with E-state index in [1.54, 1.807) is 0 Å². The molecule has 8 nitrogen and oxygen atoms in total. The Bertz CT molecular complexity index is 1110. The average Bonchev–Trinajstić information content (AvgIpc) is 2.78. The second-order valence-corrected chi connectivity index (χ2v) is 8.20. The van der Waals surface area contributed by atoms with Gasteiger partial charge in [0.25, 0.3) is 11.8 Å². The molecule has 0 bridgehead atoms. The lowest BCUT2D eigenvalue weighted by Crippen LogP contribution is -2.46. The van der Waals surface area contributed by atoms with E-state index in [9.17, 15) is 31.9 Å². The number of benzene rings is 2.